The van der Waals surface area contributed by atoms with E-state index >= 15 is 0 Å². The second-order valence-electron chi connectivity index (χ2n) is 10.9. The molecular formula is C34H47ClFN3O6S. The molecule has 0 saturated heterocycles. The Labute approximate surface area is 279 Å². The van der Waals surface area contributed by atoms with E-state index in [0.717, 1.165) is 11.1 Å². The summed E-state index contributed by atoms with van der Waals surface area (Å²) < 4.78 is 58.6. The highest BCUT2D eigenvalue weighted by atomic mass is 35.5. The van der Waals surface area contributed by atoms with E-state index in [9.17, 15) is 17.6 Å². The number of nitrogens with two attached hydrogens (primary N) is 1. The lowest BCUT2D eigenvalue weighted by molar-refractivity contribution is -0.149. The molecule has 0 spiro atoms. The molecule has 0 aromatic heterocycles. The van der Waals surface area contributed by atoms with Crippen LogP contribution in [0.4, 0.5) is 4.39 Å². The number of nitrogens with zero attached hydrogens (tertiary/aromatic N) is 1. The zero-order valence-corrected chi connectivity index (χ0v) is 28.5. The number of halogens is 2. The van der Waals surface area contributed by atoms with Gasteiger partial charge in [-0.25, -0.2) is 17.1 Å². The van der Waals surface area contributed by atoms with Crippen molar-refractivity contribution in [1.29, 1.82) is 0 Å². The highest BCUT2D eigenvalue weighted by molar-refractivity contribution is 7.89. The Balaban J connectivity index is 0.00000736. The van der Waals surface area contributed by atoms with Gasteiger partial charge in [0.15, 0.2) is 0 Å². The molecule has 0 heterocycles. The van der Waals surface area contributed by atoms with Gasteiger partial charge in [0, 0.05) is 38.3 Å². The minimum atomic E-state index is -3.62. The Bertz CT molecular complexity index is 1440. The molecule has 0 fully saturated rings. The van der Waals surface area contributed by atoms with Crippen molar-refractivity contribution in [1.82, 2.24) is 9.62 Å². The molecule has 12 heteroatoms. The Morgan fingerprint density at radius 3 is 2.28 bits per heavy atom. The van der Waals surface area contributed by atoms with Crippen LogP contribution < -0.4 is 20.5 Å². The van der Waals surface area contributed by atoms with Gasteiger partial charge in [-0.1, -0.05) is 56.3 Å². The normalized spacial score (nSPS) is 12.7. The van der Waals surface area contributed by atoms with Crippen LogP contribution in [0.1, 0.15) is 49.8 Å². The van der Waals surface area contributed by atoms with E-state index in [-0.39, 0.29) is 44.2 Å². The molecule has 0 aliphatic heterocycles. The van der Waals surface area contributed by atoms with Crippen molar-refractivity contribution < 1.29 is 31.8 Å². The topological polar surface area (TPSA) is 120 Å². The van der Waals surface area contributed by atoms with E-state index in [1.165, 1.54) is 16.4 Å². The molecule has 9 nitrogen and oxygen atoms in total. The van der Waals surface area contributed by atoms with Gasteiger partial charge < -0.3 is 25.3 Å². The summed E-state index contributed by atoms with van der Waals surface area (Å²) in [5.74, 6) is -0.411. The quantitative estimate of drug-likeness (QED) is 0.156. The van der Waals surface area contributed by atoms with Gasteiger partial charge in [0.25, 0.3) is 0 Å². The molecule has 46 heavy (non-hydrogen) atoms. The molecule has 0 aliphatic carbocycles. The van der Waals surface area contributed by atoms with E-state index in [1.54, 1.807) is 13.2 Å². The zero-order chi connectivity index (χ0) is 32.7. The number of ether oxygens (including phenoxy) is 3. The Hall–Kier alpha value is -3.22. The van der Waals surface area contributed by atoms with Crippen LogP contribution in [0.3, 0.4) is 0 Å². The van der Waals surface area contributed by atoms with Gasteiger partial charge in [-0.15, -0.1) is 12.4 Å². The summed E-state index contributed by atoms with van der Waals surface area (Å²) >= 11 is 0. The van der Waals surface area contributed by atoms with Crippen LogP contribution in [0.25, 0.3) is 0 Å². The largest absolute Gasteiger partial charge is 0.497 e. The number of methoxy groups -OCH3 is 1. The van der Waals surface area contributed by atoms with Gasteiger partial charge in [-0.3, -0.25) is 4.79 Å². The first-order valence-corrected chi connectivity index (χ1v) is 17.0. The van der Waals surface area contributed by atoms with Crippen molar-refractivity contribution in [3.05, 3.63) is 95.3 Å². The SMILES string of the molecule is CCCN(CCC)S(=O)(=O)CCC(=O)O[C@H](CNCc1cccc(OC)c1)[C@@H](N)Cc1cc(F)cc(OCc2ccccc2)c1.Cl. The lowest BCUT2D eigenvalue weighted by Crippen LogP contribution is -2.46. The molecule has 0 unspecified atom stereocenters. The molecule has 0 radical (unpaired) electrons. The fraction of sp³-hybridized carbons (Fsp3) is 0.441. The summed E-state index contributed by atoms with van der Waals surface area (Å²) in [6.07, 6.45) is 0.433. The number of hydrogen-bond donors (Lipinski definition) is 2. The van der Waals surface area contributed by atoms with Crippen molar-refractivity contribution >= 4 is 28.4 Å². The first-order valence-electron chi connectivity index (χ1n) is 15.4. The lowest BCUT2D eigenvalue weighted by atomic mass is 10.0. The number of hydrogen-bond acceptors (Lipinski definition) is 8. The number of sulfonamides is 1. The van der Waals surface area contributed by atoms with E-state index in [0.29, 0.717) is 49.5 Å². The molecule has 0 bridgehead atoms. The Morgan fingerprint density at radius 2 is 1.61 bits per heavy atom. The van der Waals surface area contributed by atoms with E-state index in [1.807, 2.05) is 68.4 Å². The molecule has 3 aromatic carbocycles. The molecule has 0 saturated carbocycles. The maximum Gasteiger partial charge on any atom is 0.307 e. The van der Waals surface area contributed by atoms with Crippen LogP contribution in [-0.4, -0.2) is 63.3 Å². The number of esters is 1. The second-order valence-corrected chi connectivity index (χ2v) is 13.0. The molecule has 3 rings (SSSR count). The van der Waals surface area contributed by atoms with Crippen molar-refractivity contribution in [3.63, 3.8) is 0 Å². The third-order valence-corrected chi connectivity index (χ3v) is 9.00. The van der Waals surface area contributed by atoms with Crippen LogP contribution in [0.2, 0.25) is 0 Å². The van der Waals surface area contributed by atoms with Gasteiger partial charge in [-0.05, 0) is 60.2 Å². The molecule has 0 amide bonds. The summed E-state index contributed by atoms with van der Waals surface area (Å²) in [5, 5.41) is 3.27. The van der Waals surface area contributed by atoms with Gasteiger partial charge in [0.05, 0.1) is 19.3 Å². The first-order chi connectivity index (χ1) is 21.6. The lowest BCUT2D eigenvalue weighted by Gasteiger charge is -2.25. The fourth-order valence-electron chi connectivity index (χ4n) is 4.85. The third kappa shape index (κ3) is 13.3. The molecule has 254 valence electrons. The Kier molecular flexibility index (Phi) is 17.0. The number of rotatable bonds is 20. The van der Waals surface area contributed by atoms with Crippen LogP contribution in [-0.2, 0) is 39.1 Å². The van der Waals surface area contributed by atoms with E-state index in [4.69, 9.17) is 19.9 Å². The first kappa shape index (κ1) is 39.0. The minimum Gasteiger partial charge on any atom is -0.497 e. The summed E-state index contributed by atoms with van der Waals surface area (Å²) in [4.78, 5) is 13.0. The summed E-state index contributed by atoms with van der Waals surface area (Å²) in [5.41, 5.74) is 9.05. The van der Waals surface area contributed by atoms with Gasteiger partial charge in [0.2, 0.25) is 10.0 Å². The monoisotopic (exact) mass is 679 g/mol. The number of nitrogens with one attached hydrogen (secondary N) is 1. The van der Waals surface area contributed by atoms with E-state index in [2.05, 4.69) is 5.32 Å². The summed E-state index contributed by atoms with van der Waals surface area (Å²) in [6.45, 7) is 5.55. The fourth-order valence-corrected chi connectivity index (χ4v) is 6.45. The van der Waals surface area contributed by atoms with Gasteiger partial charge in [-0.2, -0.15) is 0 Å². The highest BCUT2D eigenvalue weighted by Gasteiger charge is 2.26. The predicted molar refractivity (Wildman–Crippen MR) is 181 cm³/mol. The van der Waals surface area contributed by atoms with Gasteiger partial charge in [0.1, 0.15) is 30.0 Å². The van der Waals surface area contributed by atoms with Crippen molar-refractivity contribution in [2.45, 2.75) is 64.8 Å². The molecule has 0 aliphatic rings. The number of benzene rings is 3. The predicted octanol–water partition coefficient (Wildman–Crippen LogP) is 5.25. The van der Waals surface area contributed by atoms with Crippen molar-refractivity contribution in [2.75, 3.05) is 32.5 Å². The van der Waals surface area contributed by atoms with Crippen molar-refractivity contribution in [2.24, 2.45) is 5.73 Å². The highest BCUT2D eigenvalue weighted by Crippen LogP contribution is 2.20. The maximum absolute atomic E-state index is 14.6. The van der Waals surface area contributed by atoms with Gasteiger partial charge >= 0.3 is 5.97 Å². The van der Waals surface area contributed by atoms with Crippen LogP contribution in [0, 0.1) is 5.82 Å². The third-order valence-electron chi connectivity index (χ3n) is 7.12. The Morgan fingerprint density at radius 1 is 0.935 bits per heavy atom. The zero-order valence-electron chi connectivity index (χ0n) is 26.8. The average Bonchev–Trinajstić information content (AvgIpc) is 3.02. The standard InChI is InChI=1S/C34H46FN3O6S.ClH/c1-4-15-38(16-5-2)45(40,41)17-14-34(39)44-33(24-37-23-27-12-9-13-30(19-27)42-3)32(36)21-28-18-29(35)22-31(20-28)43-25-26-10-7-6-8-11-26;/h6-13,18-20,22,32-33,37H,4-5,14-17,21,23-25,36H2,1-3H3;1H/t32-,33+;/m0./s1. The minimum absolute atomic E-state index is 0. The van der Waals surface area contributed by atoms with Crippen LogP contribution >= 0.6 is 12.4 Å². The number of carbonyl (C=O) groups excluding carboxylic acids is 1. The number of carbonyl (C=O) groups is 1. The molecular weight excluding hydrogens is 633 g/mol. The summed E-state index contributed by atoms with van der Waals surface area (Å²) in [6, 6.07) is 20.8. The maximum atomic E-state index is 14.6. The molecule has 3 N–H and O–H groups in total. The average molecular weight is 680 g/mol. The van der Waals surface area contributed by atoms with E-state index < -0.39 is 34.0 Å². The molecule has 2 atom stereocenters. The van der Waals surface area contributed by atoms with Crippen molar-refractivity contribution in [3.8, 4) is 11.5 Å². The van der Waals surface area contributed by atoms with Crippen LogP contribution in [0.5, 0.6) is 11.5 Å². The van der Waals surface area contributed by atoms with Crippen LogP contribution in [0.15, 0.2) is 72.8 Å². The molecule has 3 aromatic rings. The smallest absolute Gasteiger partial charge is 0.307 e. The summed E-state index contributed by atoms with van der Waals surface area (Å²) in [7, 11) is -2.03. The second kappa shape index (κ2) is 20.1.